The number of piperidine rings is 1. The number of imide groups is 1. The maximum Gasteiger partial charge on any atom is 0.325 e. The number of amides is 4. The van der Waals surface area contributed by atoms with Crippen LogP contribution in [0.5, 0.6) is 0 Å². The lowest BCUT2D eigenvalue weighted by molar-refractivity contribution is -0.130. The van der Waals surface area contributed by atoms with Crippen LogP contribution in [0.4, 0.5) is 16.2 Å². The fourth-order valence-corrected chi connectivity index (χ4v) is 3.97. The molecule has 2 aromatic carbocycles. The van der Waals surface area contributed by atoms with E-state index in [1.165, 1.54) is 19.3 Å². The second-order valence-electron chi connectivity index (χ2n) is 7.76. The molecule has 2 saturated heterocycles. The summed E-state index contributed by atoms with van der Waals surface area (Å²) in [5.41, 5.74) is 2.75. The Bertz CT molecular complexity index is 908. The molecule has 0 saturated carbocycles. The van der Waals surface area contributed by atoms with E-state index in [1.54, 1.807) is 0 Å². The minimum absolute atomic E-state index is 0.302. The van der Waals surface area contributed by atoms with Crippen LogP contribution in [0.3, 0.4) is 0 Å². The first kappa shape index (κ1) is 19.9. The second kappa shape index (κ2) is 8.98. The monoisotopic (exact) mass is 406 g/mol. The van der Waals surface area contributed by atoms with E-state index < -0.39 is 18.0 Å². The van der Waals surface area contributed by atoms with Crippen molar-refractivity contribution in [1.29, 1.82) is 0 Å². The molecule has 0 bridgehead atoms. The smallest absolute Gasteiger partial charge is 0.325 e. The average Bonchev–Trinajstić information content (AvgIpc) is 3.03. The molecule has 2 aliphatic rings. The maximum absolute atomic E-state index is 12.6. The Kier molecular flexibility index (Phi) is 5.97. The van der Waals surface area contributed by atoms with Gasteiger partial charge in [-0.25, -0.2) is 4.79 Å². The molecule has 1 unspecified atom stereocenters. The first-order chi connectivity index (χ1) is 14.6. The quantitative estimate of drug-likeness (QED) is 0.723. The predicted molar refractivity (Wildman–Crippen MR) is 115 cm³/mol. The summed E-state index contributed by atoms with van der Waals surface area (Å²) in [6.45, 7) is 1.81. The maximum atomic E-state index is 12.6. The van der Waals surface area contributed by atoms with E-state index in [9.17, 15) is 14.4 Å². The summed E-state index contributed by atoms with van der Waals surface area (Å²) in [6.07, 6.45) is 4.09. The Balaban J connectivity index is 1.32. The SMILES string of the molecule is O=C(CN1C(=O)NC(Cc2ccccc2)C1=O)Nc1ccc(N2CCCCC2)cc1. The summed E-state index contributed by atoms with van der Waals surface area (Å²) in [5.74, 6) is -0.774. The minimum Gasteiger partial charge on any atom is -0.372 e. The van der Waals surface area contributed by atoms with Gasteiger partial charge in [0.2, 0.25) is 5.91 Å². The van der Waals surface area contributed by atoms with Crippen molar-refractivity contribution in [2.45, 2.75) is 31.7 Å². The van der Waals surface area contributed by atoms with E-state index in [1.807, 2.05) is 54.6 Å². The molecule has 156 valence electrons. The topological polar surface area (TPSA) is 81.8 Å². The highest BCUT2D eigenvalue weighted by atomic mass is 16.2. The molecule has 2 fully saturated rings. The van der Waals surface area contributed by atoms with E-state index in [0.717, 1.165) is 29.2 Å². The number of hydrogen-bond acceptors (Lipinski definition) is 4. The van der Waals surface area contributed by atoms with Crippen LogP contribution in [0.2, 0.25) is 0 Å². The van der Waals surface area contributed by atoms with Gasteiger partial charge in [-0.05, 0) is 49.1 Å². The Morgan fingerprint density at radius 2 is 1.67 bits per heavy atom. The number of rotatable bonds is 6. The Hall–Kier alpha value is -3.35. The van der Waals surface area contributed by atoms with Gasteiger partial charge in [0.1, 0.15) is 12.6 Å². The number of nitrogens with one attached hydrogen (secondary N) is 2. The number of hydrogen-bond donors (Lipinski definition) is 2. The lowest BCUT2D eigenvalue weighted by Gasteiger charge is -2.28. The highest BCUT2D eigenvalue weighted by molar-refractivity contribution is 6.08. The van der Waals surface area contributed by atoms with Gasteiger partial charge < -0.3 is 15.5 Å². The van der Waals surface area contributed by atoms with Crippen LogP contribution in [-0.4, -0.2) is 48.4 Å². The lowest BCUT2D eigenvalue weighted by atomic mass is 10.1. The molecule has 0 aliphatic carbocycles. The van der Waals surface area contributed by atoms with Crippen LogP contribution in [0.15, 0.2) is 54.6 Å². The zero-order chi connectivity index (χ0) is 20.9. The summed E-state index contributed by atoms with van der Waals surface area (Å²) in [6, 6.07) is 16.0. The average molecular weight is 406 g/mol. The fraction of sp³-hybridized carbons (Fsp3) is 0.348. The van der Waals surface area contributed by atoms with Gasteiger partial charge in [0.15, 0.2) is 0 Å². The van der Waals surface area contributed by atoms with Crippen LogP contribution >= 0.6 is 0 Å². The third-order valence-electron chi connectivity index (χ3n) is 5.56. The van der Waals surface area contributed by atoms with Crippen molar-refractivity contribution < 1.29 is 14.4 Å². The molecule has 7 heteroatoms. The molecule has 7 nitrogen and oxygen atoms in total. The first-order valence-electron chi connectivity index (χ1n) is 10.4. The largest absolute Gasteiger partial charge is 0.372 e. The Labute approximate surface area is 176 Å². The number of urea groups is 1. The van der Waals surface area contributed by atoms with Crippen molar-refractivity contribution in [3.05, 3.63) is 60.2 Å². The summed E-state index contributed by atoms with van der Waals surface area (Å²) in [5, 5.41) is 5.44. The van der Waals surface area contributed by atoms with Gasteiger partial charge in [0, 0.05) is 30.9 Å². The van der Waals surface area contributed by atoms with Crippen molar-refractivity contribution in [1.82, 2.24) is 10.2 Å². The van der Waals surface area contributed by atoms with Crippen LogP contribution in [0.1, 0.15) is 24.8 Å². The highest BCUT2D eigenvalue weighted by Crippen LogP contribution is 2.22. The third kappa shape index (κ3) is 4.62. The molecule has 2 heterocycles. The summed E-state index contributed by atoms with van der Waals surface area (Å²) in [7, 11) is 0. The number of benzene rings is 2. The van der Waals surface area contributed by atoms with E-state index in [-0.39, 0.29) is 12.5 Å². The van der Waals surface area contributed by atoms with Crippen molar-refractivity contribution >= 4 is 29.2 Å². The molecule has 4 amide bonds. The lowest BCUT2D eigenvalue weighted by Crippen LogP contribution is -2.38. The number of nitrogens with zero attached hydrogens (tertiary/aromatic N) is 2. The van der Waals surface area contributed by atoms with Gasteiger partial charge in [-0.3, -0.25) is 14.5 Å². The number of carbonyl (C=O) groups is 3. The van der Waals surface area contributed by atoms with E-state index in [4.69, 9.17) is 0 Å². The van der Waals surface area contributed by atoms with Gasteiger partial charge in [0.25, 0.3) is 5.91 Å². The third-order valence-corrected chi connectivity index (χ3v) is 5.56. The van der Waals surface area contributed by atoms with Gasteiger partial charge >= 0.3 is 6.03 Å². The zero-order valence-electron chi connectivity index (χ0n) is 16.8. The van der Waals surface area contributed by atoms with Crippen LogP contribution in [-0.2, 0) is 16.0 Å². The van der Waals surface area contributed by atoms with Crippen LogP contribution in [0.25, 0.3) is 0 Å². The molecule has 2 N–H and O–H groups in total. The van der Waals surface area contributed by atoms with Gasteiger partial charge in [0.05, 0.1) is 0 Å². The summed E-state index contributed by atoms with van der Waals surface area (Å²) < 4.78 is 0. The van der Waals surface area contributed by atoms with E-state index >= 15 is 0 Å². The normalized spacial score (nSPS) is 19.0. The van der Waals surface area contributed by atoms with Crippen molar-refractivity contribution in [3.8, 4) is 0 Å². The fourth-order valence-electron chi connectivity index (χ4n) is 3.97. The van der Waals surface area contributed by atoms with Crippen LogP contribution < -0.4 is 15.5 Å². The molecule has 4 rings (SSSR count). The Morgan fingerprint density at radius 1 is 0.967 bits per heavy atom. The predicted octanol–water partition coefficient (Wildman–Crippen LogP) is 2.78. The van der Waals surface area contributed by atoms with Crippen molar-refractivity contribution in [2.75, 3.05) is 29.9 Å². The van der Waals surface area contributed by atoms with Crippen molar-refractivity contribution in [3.63, 3.8) is 0 Å². The number of anilines is 2. The van der Waals surface area contributed by atoms with E-state index in [2.05, 4.69) is 15.5 Å². The molecular weight excluding hydrogens is 380 g/mol. The van der Waals surface area contributed by atoms with Gasteiger partial charge in [-0.1, -0.05) is 30.3 Å². The summed E-state index contributed by atoms with van der Waals surface area (Å²) in [4.78, 5) is 40.5. The zero-order valence-corrected chi connectivity index (χ0v) is 16.8. The molecule has 0 spiro atoms. The number of carbonyl (C=O) groups excluding carboxylic acids is 3. The van der Waals surface area contributed by atoms with Crippen LogP contribution in [0, 0.1) is 0 Å². The van der Waals surface area contributed by atoms with Gasteiger partial charge in [-0.2, -0.15) is 0 Å². The minimum atomic E-state index is -0.642. The van der Waals surface area contributed by atoms with Gasteiger partial charge in [-0.15, -0.1) is 0 Å². The second-order valence-corrected chi connectivity index (χ2v) is 7.76. The van der Waals surface area contributed by atoms with Crippen molar-refractivity contribution in [2.24, 2.45) is 0 Å². The molecule has 1 atom stereocenters. The molecule has 2 aromatic rings. The highest BCUT2D eigenvalue weighted by Gasteiger charge is 2.38. The summed E-state index contributed by atoms with van der Waals surface area (Å²) >= 11 is 0. The molecule has 30 heavy (non-hydrogen) atoms. The molecule has 2 aliphatic heterocycles. The first-order valence-corrected chi connectivity index (χ1v) is 10.4. The standard InChI is InChI=1S/C23H26N4O3/c28-21(24-18-9-11-19(12-10-18)26-13-5-2-6-14-26)16-27-22(29)20(25-23(27)30)15-17-7-3-1-4-8-17/h1,3-4,7-12,20H,2,5-6,13-16H2,(H,24,28)(H,25,30). The Morgan fingerprint density at radius 3 is 2.37 bits per heavy atom. The molecule has 0 radical (unpaired) electrons. The molecular formula is C23H26N4O3. The molecule has 0 aromatic heterocycles. The van der Waals surface area contributed by atoms with E-state index in [0.29, 0.717) is 12.1 Å².